The van der Waals surface area contributed by atoms with E-state index in [0.29, 0.717) is 17.1 Å². The van der Waals surface area contributed by atoms with E-state index in [2.05, 4.69) is 47.6 Å². The molecule has 5 heteroatoms. The minimum atomic E-state index is 0.297. The first-order valence-corrected chi connectivity index (χ1v) is 6.85. The first kappa shape index (κ1) is 13.6. The number of aromatic nitrogens is 2. The Labute approximate surface area is 114 Å². The Bertz CT molecular complexity index is 421. The van der Waals surface area contributed by atoms with Crippen molar-refractivity contribution in [1.29, 1.82) is 0 Å². The first-order chi connectivity index (χ1) is 8.47. The third-order valence-corrected chi connectivity index (χ3v) is 3.53. The van der Waals surface area contributed by atoms with Crippen LogP contribution >= 0.6 is 11.6 Å². The van der Waals surface area contributed by atoms with Gasteiger partial charge in [-0.1, -0.05) is 25.4 Å². The van der Waals surface area contributed by atoms with Gasteiger partial charge in [0.15, 0.2) is 0 Å². The molecule has 1 aromatic rings. The number of halogens is 1. The molecule has 0 N–H and O–H groups in total. The van der Waals surface area contributed by atoms with Crippen LogP contribution in [0.3, 0.4) is 0 Å². The summed E-state index contributed by atoms with van der Waals surface area (Å²) in [7, 11) is 2.15. The normalized spacial score (nSPS) is 21.7. The van der Waals surface area contributed by atoms with Gasteiger partial charge in [-0.25, -0.2) is 9.97 Å². The van der Waals surface area contributed by atoms with Crippen LogP contribution in [0.15, 0.2) is 6.07 Å². The molecule has 0 saturated carbocycles. The Hall–Kier alpha value is -0.870. The van der Waals surface area contributed by atoms with Crippen LogP contribution in [0, 0.1) is 0 Å². The van der Waals surface area contributed by atoms with Gasteiger partial charge in [-0.2, -0.15) is 0 Å². The summed E-state index contributed by atoms with van der Waals surface area (Å²) in [6.45, 7) is 9.50. The van der Waals surface area contributed by atoms with Crippen LogP contribution in [0.2, 0.25) is 5.15 Å². The van der Waals surface area contributed by atoms with Crippen molar-refractivity contribution in [2.75, 3.05) is 31.6 Å². The van der Waals surface area contributed by atoms with Gasteiger partial charge in [-0.05, 0) is 14.0 Å². The average molecular weight is 269 g/mol. The van der Waals surface area contributed by atoms with Crippen LogP contribution in [0.5, 0.6) is 0 Å². The summed E-state index contributed by atoms with van der Waals surface area (Å²) in [5.74, 6) is 2.08. The van der Waals surface area contributed by atoms with Gasteiger partial charge in [-0.3, -0.25) is 0 Å². The molecule has 1 aliphatic heterocycles. The molecule has 0 aromatic carbocycles. The Morgan fingerprint density at radius 3 is 2.67 bits per heavy atom. The van der Waals surface area contributed by atoms with Crippen molar-refractivity contribution >= 4 is 17.4 Å². The lowest BCUT2D eigenvalue weighted by atomic mass is 10.2. The lowest BCUT2D eigenvalue weighted by Gasteiger charge is -2.39. The summed E-state index contributed by atoms with van der Waals surface area (Å²) >= 11 is 6.10. The highest BCUT2D eigenvalue weighted by Gasteiger charge is 2.23. The molecule has 2 heterocycles. The molecule has 1 saturated heterocycles. The maximum Gasteiger partial charge on any atom is 0.135 e. The van der Waals surface area contributed by atoms with Gasteiger partial charge in [0.1, 0.15) is 16.8 Å². The van der Waals surface area contributed by atoms with Crippen LogP contribution < -0.4 is 4.90 Å². The van der Waals surface area contributed by atoms with E-state index in [-0.39, 0.29) is 0 Å². The Balaban J connectivity index is 2.27. The van der Waals surface area contributed by atoms with E-state index in [9.17, 15) is 0 Å². The molecular weight excluding hydrogens is 248 g/mol. The minimum absolute atomic E-state index is 0.297. The second-order valence-corrected chi connectivity index (χ2v) is 5.75. The van der Waals surface area contributed by atoms with Gasteiger partial charge in [-0.15, -0.1) is 0 Å². The number of nitrogens with zero attached hydrogens (tertiary/aromatic N) is 4. The van der Waals surface area contributed by atoms with E-state index in [1.165, 1.54) is 0 Å². The quantitative estimate of drug-likeness (QED) is 0.771. The lowest BCUT2D eigenvalue weighted by molar-refractivity contribution is 0.274. The Morgan fingerprint density at radius 2 is 2.06 bits per heavy atom. The molecule has 1 aliphatic rings. The molecule has 1 atom stereocenters. The molecule has 4 nitrogen and oxygen atoms in total. The standard InChI is InChI=1S/C13H21ClN4/c1-9(2)13-15-11(14)7-12(16-13)18-6-5-17(4)8-10(18)3/h7,9-10H,5-6,8H2,1-4H3. The zero-order chi connectivity index (χ0) is 13.3. The van der Waals surface area contributed by atoms with Gasteiger partial charge < -0.3 is 9.80 Å². The zero-order valence-corrected chi connectivity index (χ0v) is 12.3. The maximum absolute atomic E-state index is 6.10. The summed E-state index contributed by atoms with van der Waals surface area (Å²) in [5.41, 5.74) is 0. The molecule has 0 spiro atoms. The second-order valence-electron chi connectivity index (χ2n) is 5.37. The monoisotopic (exact) mass is 268 g/mol. The summed E-state index contributed by atoms with van der Waals surface area (Å²) in [5, 5.41) is 0.537. The van der Waals surface area contributed by atoms with Crippen molar-refractivity contribution in [1.82, 2.24) is 14.9 Å². The van der Waals surface area contributed by atoms with Gasteiger partial charge in [0.2, 0.25) is 0 Å². The highest BCUT2D eigenvalue weighted by molar-refractivity contribution is 6.29. The second kappa shape index (κ2) is 5.41. The SMILES string of the molecule is CC(C)c1nc(Cl)cc(N2CCN(C)CC2C)n1. The highest BCUT2D eigenvalue weighted by Crippen LogP contribution is 2.23. The van der Waals surface area contributed by atoms with E-state index in [1.807, 2.05) is 6.07 Å². The van der Waals surface area contributed by atoms with Crippen LogP contribution in [0.25, 0.3) is 0 Å². The third kappa shape index (κ3) is 2.93. The highest BCUT2D eigenvalue weighted by atomic mass is 35.5. The van der Waals surface area contributed by atoms with Crippen molar-refractivity contribution in [3.63, 3.8) is 0 Å². The molecule has 0 bridgehead atoms. The van der Waals surface area contributed by atoms with E-state index in [1.54, 1.807) is 0 Å². The van der Waals surface area contributed by atoms with E-state index < -0.39 is 0 Å². The van der Waals surface area contributed by atoms with Crippen molar-refractivity contribution in [3.8, 4) is 0 Å². The fourth-order valence-electron chi connectivity index (χ4n) is 2.31. The molecular formula is C13H21ClN4. The van der Waals surface area contributed by atoms with Crippen molar-refractivity contribution in [2.45, 2.75) is 32.7 Å². The molecule has 0 aliphatic carbocycles. The fourth-order valence-corrected chi connectivity index (χ4v) is 2.49. The minimum Gasteiger partial charge on any atom is -0.351 e. The van der Waals surface area contributed by atoms with Crippen LogP contribution in [0.4, 0.5) is 5.82 Å². The van der Waals surface area contributed by atoms with Gasteiger partial charge in [0, 0.05) is 37.7 Å². The molecule has 2 rings (SSSR count). The van der Waals surface area contributed by atoms with Crippen molar-refractivity contribution in [2.24, 2.45) is 0 Å². The summed E-state index contributed by atoms with van der Waals surface area (Å²) in [6, 6.07) is 2.32. The van der Waals surface area contributed by atoms with E-state index >= 15 is 0 Å². The average Bonchev–Trinajstić information content (AvgIpc) is 2.27. The number of rotatable bonds is 2. The van der Waals surface area contributed by atoms with Crippen molar-refractivity contribution in [3.05, 3.63) is 17.0 Å². The number of anilines is 1. The largest absolute Gasteiger partial charge is 0.351 e. The molecule has 1 fully saturated rings. The van der Waals surface area contributed by atoms with Crippen molar-refractivity contribution < 1.29 is 0 Å². The van der Waals surface area contributed by atoms with E-state index in [0.717, 1.165) is 31.3 Å². The topological polar surface area (TPSA) is 32.3 Å². The van der Waals surface area contributed by atoms with Crippen LogP contribution in [-0.4, -0.2) is 47.6 Å². The predicted molar refractivity (Wildman–Crippen MR) is 75.4 cm³/mol. The first-order valence-electron chi connectivity index (χ1n) is 6.47. The van der Waals surface area contributed by atoms with Gasteiger partial charge in [0.05, 0.1) is 0 Å². The number of hydrogen-bond acceptors (Lipinski definition) is 4. The molecule has 100 valence electrons. The molecule has 1 aromatic heterocycles. The number of hydrogen-bond donors (Lipinski definition) is 0. The molecule has 0 radical (unpaired) electrons. The smallest absolute Gasteiger partial charge is 0.135 e. The summed E-state index contributed by atoms with van der Waals surface area (Å²) < 4.78 is 0. The predicted octanol–water partition coefficient (Wildman–Crippen LogP) is 2.39. The third-order valence-electron chi connectivity index (χ3n) is 3.34. The number of likely N-dealkylation sites (N-methyl/N-ethyl adjacent to an activating group) is 1. The molecule has 18 heavy (non-hydrogen) atoms. The Morgan fingerprint density at radius 1 is 1.33 bits per heavy atom. The molecule has 0 amide bonds. The van der Waals surface area contributed by atoms with Crippen LogP contribution in [0.1, 0.15) is 32.5 Å². The molecule has 1 unspecified atom stereocenters. The summed E-state index contributed by atoms with van der Waals surface area (Å²) in [4.78, 5) is 13.6. The lowest BCUT2D eigenvalue weighted by Crippen LogP contribution is -2.50. The number of piperazine rings is 1. The van der Waals surface area contributed by atoms with Gasteiger partial charge in [0.25, 0.3) is 0 Å². The Kier molecular flexibility index (Phi) is 4.07. The maximum atomic E-state index is 6.10. The summed E-state index contributed by atoms with van der Waals surface area (Å²) in [6.07, 6.45) is 0. The zero-order valence-electron chi connectivity index (χ0n) is 11.5. The fraction of sp³-hybridized carbons (Fsp3) is 0.692. The van der Waals surface area contributed by atoms with Crippen LogP contribution in [-0.2, 0) is 0 Å². The van der Waals surface area contributed by atoms with Gasteiger partial charge >= 0.3 is 0 Å². The van der Waals surface area contributed by atoms with E-state index in [4.69, 9.17) is 11.6 Å².